The van der Waals surface area contributed by atoms with Gasteiger partial charge in [-0.15, -0.1) is 0 Å². The first kappa shape index (κ1) is 30.6. The molecule has 0 atom stereocenters. The Morgan fingerprint density at radius 3 is 1.38 bits per heavy atom. The van der Waals surface area contributed by atoms with E-state index < -0.39 is 22.8 Å². The molecule has 3 rings (SSSR count). The Bertz CT molecular complexity index is 1350. The molecule has 0 spiro atoms. The smallest absolute Gasteiger partial charge is 0.309 e. The van der Waals surface area contributed by atoms with Gasteiger partial charge in [-0.05, 0) is 53.4 Å². The van der Waals surface area contributed by atoms with Crippen LogP contribution in [0.2, 0.25) is 0 Å². The number of aryl methyl sites for hydroxylation is 2. The maximum Gasteiger partial charge on any atom is 0.309 e. The molecule has 0 aliphatic rings. The Labute approximate surface area is 233 Å². The normalized spacial score (nSPS) is 11.9. The highest BCUT2D eigenvalue weighted by atomic mass is 16.4. The Morgan fingerprint density at radius 1 is 0.650 bits per heavy atom. The number of rotatable bonds is 14. The second kappa shape index (κ2) is 12.9. The van der Waals surface area contributed by atoms with Gasteiger partial charge < -0.3 is 19.0 Å². The first-order chi connectivity index (χ1) is 18.8. The molecule has 3 aromatic rings. The van der Waals surface area contributed by atoms with Crippen LogP contribution in [-0.2, 0) is 22.4 Å². The molecule has 0 unspecified atom stereocenters. The summed E-state index contributed by atoms with van der Waals surface area (Å²) in [5.41, 5.74) is -0.827. The lowest BCUT2D eigenvalue weighted by Gasteiger charge is -2.18. The molecule has 0 aliphatic heterocycles. The molecule has 8 heteroatoms. The molecular formula is C32H38O8. The lowest BCUT2D eigenvalue weighted by Crippen LogP contribution is -2.23. The molecule has 214 valence electrons. The highest BCUT2D eigenvalue weighted by Gasteiger charge is 2.27. The van der Waals surface area contributed by atoms with Gasteiger partial charge in [-0.2, -0.15) is 0 Å². The molecule has 0 aliphatic carbocycles. The van der Waals surface area contributed by atoms with E-state index in [2.05, 4.69) is 0 Å². The van der Waals surface area contributed by atoms with Gasteiger partial charge in [-0.25, -0.2) is 0 Å². The van der Waals surface area contributed by atoms with Crippen LogP contribution in [0.15, 0.2) is 67.0 Å². The van der Waals surface area contributed by atoms with Gasteiger partial charge in [0, 0.05) is 48.2 Å². The third-order valence-corrected chi connectivity index (χ3v) is 7.20. The van der Waals surface area contributed by atoms with Crippen LogP contribution >= 0.6 is 0 Å². The summed E-state index contributed by atoms with van der Waals surface area (Å²) in [6, 6.07) is 12.9. The number of benzene rings is 1. The van der Waals surface area contributed by atoms with E-state index in [0.717, 1.165) is 0 Å². The van der Waals surface area contributed by atoms with E-state index in [1.54, 1.807) is 39.8 Å². The van der Waals surface area contributed by atoms with Gasteiger partial charge in [0.2, 0.25) is 0 Å². The summed E-state index contributed by atoms with van der Waals surface area (Å²) in [6.45, 7) is 6.78. The number of hydrogen-bond donors (Lipinski definition) is 2. The minimum absolute atomic E-state index is 0.212. The molecule has 0 bridgehead atoms. The minimum atomic E-state index is -0.838. The highest BCUT2D eigenvalue weighted by Crippen LogP contribution is 2.32. The van der Waals surface area contributed by atoms with Gasteiger partial charge in [0.15, 0.2) is 10.9 Å². The van der Waals surface area contributed by atoms with E-state index in [1.807, 2.05) is 12.1 Å². The number of hydrogen-bond acceptors (Lipinski definition) is 6. The van der Waals surface area contributed by atoms with E-state index in [1.165, 1.54) is 24.3 Å². The standard InChI is InChI=1S/C32H38O8/c1-31(2,29(35)36)15-9-7-11-23-17-21(33)19-27(39-23)25-13-5-6-14-26(25)28-20-22(34)18-24(40-28)12-8-10-16-32(3,4)30(37)38/h5-6,13-14,17-20H,7-12,15-16H2,1-4H3,(H,35,36)(H,37,38). The van der Waals surface area contributed by atoms with E-state index in [4.69, 9.17) is 8.83 Å². The van der Waals surface area contributed by atoms with Crippen LogP contribution in [0.25, 0.3) is 22.6 Å². The molecule has 1 aromatic carbocycles. The Hall–Kier alpha value is -3.94. The monoisotopic (exact) mass is 550 g/mol. The Balaban J connectivity index is 1.79. The van der Waals surface area contributed by atoms with Crippen molar-refractivity contribution in [1.82, 2.24) is 0 Å². The van der Waals surface area contributed by atoms with Crippen molar-refractivity contribution in [2.24, 2.45) is 10.8 Å². The summed E-state index contributed by atoms with van der Waals surface area (Å²) in [5.74, 6) is 0.0432. The van der Waals surface area contributed by atoms with Crippen LogP contribution in [0, 0.1) is 10.8 Å². The van der Waals surface area contributed by atoms with Crippen molar-refractivity contribution in [1.29, 1.82) is 0 Å². The molecule has 2 heterocycles. The number of carboxylic acids is 2. The number of unbranched alkanes of at least 4 members (excludes halogenated alkanes) is 2. The molecule has 0 saturated heterocycles. The van der Waals surface area contributed by atoms with Gasteiger partial charge in [0.1, 0.15) is 23.0 Å². The number of aliphatic carboxylic acids is 2. The number of carbonyl (C=O) groups is 2. The fourth-order valence-corrected chi connectivity index (χ4v) is 4.43. The second-order valence-corrected chi connectivity index (χ2v) is 11.6. The minimum Gasteiger partial charge on any atom is -0.481 e. The average Bonchev–Trinajstić information content (AvgIpc) is 2.88. The van der Waals surface area contributed by atoms with Crippen molar-refractivity contribution in [2.75, 3.05) is 0 Å². The second-order valence-electron chi connectivity index (χ2n) is 11.6. The van der Waals surface area contributed by atoms with Gasteiger partial charge in [0.05, 0.1) is 10.8 Å². The lowest BCUT2D eigenvalue weighted by molar-refractivity contribution is -0.148. The SMILES string of the molecule is CC(C)(CCCCc1cc(=O)cc(-c2ccccc2-c2cc(=O)cc(CCCCC(C)(C)C(=O)O)o2)o1)C(=O)O. The Kier molecular flexibility index (Phi) is 9.90. The molecule has 0 saturated carbocycles. The van der Waals surface area contributed by atoms with Gasteiger partial charge in [0.25, 0.3) is 0 Å². The molecule has 0 fully saturated rings. The van der Waals surface area contributed by atoms with Crippen LogP contribution in [0.3, 0.4) is 0 Å². The summed E-state index contributed by atoms with van der Waals surface area (Å²) < 4.78 is 12.2. The third kappa shape index (κ3) is 8.28. The largest absolute Gasteiger partial charge is 0.481 e. The quantitative estimate of drug-likeness (QED) is 0.215. The van der Waals surface area contributed by atoms with Crippen LogP contribution < -0.4 is 10.9 Å². The average molecular weight is 551 g/mol. The maximum absolute atomic E-state index is 12.5. The first-order valence-corrected chi connectivity index (χ1v) is 13.6. The van der Waals surface area contributed by atoms with Crippen molar-refractivity contribution >= 4 is 11.9 Å². The number of carboxylic acid groups (broad SMARTS) is 2. The summed E-state index contributed by atoms with van der Waals surface area (Å²) in [6.07, 6.45) is 4.71. The zero-order chi connectivity index (χ0) is 29.5. The summed E-state index contributed by atoms with van der Waals surface area (Å²) in [4.78, 5) is 47.7. The molecule has 0 radical (unpaired) electrons. The van der Waals surface area contributed by atoms with Crippen molar-refractivity contribution in [3.05, 3.63) is 80.5 Å². The van der Waals surface area contributed by atoms with E-state index in [-0.39, 0.29) is 10.9 Å². The lowest BCUT2D eigenvalue weighted by atomic mass is 9.87. The van der Waals surface area contributed by atoms with Crippen LogP contribution in [0.1, 0.15) is 77.7 Å². The van der Waals surface area contributed by atoms with Gasteiger partial charge >= 0.3 is 11.9 Å². The van der Waals surface area contributed by atoms with Crippen LogP contribution in [0.5, 0.6) is 0 Å². The van der Waals surface area contributed by atoms with E-state index in [9.17, 15) is 29.4 Å². The molecule has 2 aromatic heterocycles. The fourth-order valence-electron chi connectivity index (χ4n) is 4.43. The third-order valence-electron chi connectivity index (χ3n) is 7.20. The van der Waals surface area contributed by atoms with Crippen molar-refractivity contribution in [3.8, 4) is 22.6 Å². The van der Waals surface area contributed by atoms with Gasteiger partial charge in [-0.3, -0.25) is 19.2 Å². The highest BCUT2D eigenvalue weighted by molar-refractivity contribution is 5.78. The predicted molar refractivity (Wildman–Crippen MR) is 152 cm³/mol. The van der Waals surface area contributed by atoms with Crippen molar-refractivity contribution in [2.45, 2.75) is 79.1 Å². The molecule has 40 heavy (non-hydrogen) atoms. The topological polar surface area (TPSA) is 135 Å². The first-order valence-electron chi connectivity index (χ1n) is 13.6. The summed E-state index contributed by atoms with van der Waals surface area (Å²) >= 11 is 0. The van der Waals surface area contributed by atoms with E-state index >= 15 is 0 Å². The van der Waals surface area contributed by atoms with Gasteiger partial charge in [-0.1, -0.05) is 37.1 Å². The van der Waals surface area contributed by atoms with E-state index in [0.29, 0.717) is 85.5 Å². The molecule has 2 N–H and O–H groups in total. The summed E-state index contributed by atoms with van der Waals surface area (Å²) in [7, 11) is 0. The summed E-state index contributed by atoms with van der Waals surface area (Å²) in [5, 5.41) is 18.6. The molecular weight excluding hydrogens is 512 g/mol. The van der Waals surface area contributed by atoms with Crippen LogP contribution in [0.4, 0.5) is 0 Å². The maximum atomic E-state index is 12.5. The zero-order valence-electron chi connectivity index (χ0n) is 23.6. The molecule has 8 nitrogen and oxygen atoms in total. The van der Waals surface area contributed by atoms with Crippen molar-refractivity contribution in [3.63, 3.8) is 0 Å². The van der Waals surface area contributed by atoms with Crippen LogP contribution in [-0.4, -0.2) is 22.2 Å². The molecule has 0 amide bonds. The Morgan fingerprint density at radius 2 is 1.02 bits per heavy atom. The predicted octanol–water partition coefficient (Wildman–Crippen LogP) is 6.57. The fraction of sp³-hybridized carbons (Fsp3) is 0.438. The van der Waals surface area contributed by atoms with Crippen molar-refractivity contribution < 1.29 is 28.6 Å². The zero-order valence-corrected chi connectivity index (χ0v) is 23.6.